The lowest BCUT2D eigenvalue weighted by Crippen LogP contribution is -2.31. The number of carbonyl (C=O) groups is 1. The highest BCUT2D eigenvalue weighted by molar-refractivity contribution is 6.30. The molecule has 4 nitrogen and oxygen atoms in total. The number of hydrogen-bond donors (Lipinski definition) is 2. The zero-order valence-corrected chi connectivity index (χ0v) is 13.3. The largest absolute Gasteiger partial charge is 0.375 e. The quantitative estimate of drug-likeness (QED) is 0.791. The minimum atomic E-state index is -0.218. The Hall–Kier alpha value is -2.20. The molecular weight excluding hydrogens is 298 g/mol. The molecule has 2 aromatic rings. The van der Waals surface area contributed by atoms with Crippen LogP contribution in [0, 0.1) is 0 Å². The Morgan fingerprint density at radius 2 is 1.91 bits per heavy atom. The van der Waals surface area contributed by atoms with Crippen LogP contribution in [0.4, 0.5) is 16.2 Å². The van der Waals surface area contributed by atoms with Crippen LogP contribution in [0.2, 0.25) is 5.02 Å². The van der Waals surface area contributed by atoms with Crippen molar-refractivity contribution in [3.63, 3.8) is 0 Å². The second-order valence-corrected chi connectivity index (χ2v) is 5.44. The lowest BCUT2D eigenvalue weighted by atomic mass is 10.3. The summed E-state index contributed by atoms with van der Waals surface area (Å²) < 4.78 is 0. The molecule has 0 heterocycles. The maximum absolute atomic E-state index is 11.8. The van der Waals surface area contributed by atoms with Crippen molar-refractivity contribution in [3.05, 3.63) is 59.6 Å². The Morgan fingerprint density at radius 1 is 1.14 bits per heavy atom. The van der Waals surface area contributed by atoms with Crippen molar-refractivity contribution in [1.29, 1.82) is 0 Å². The summed E-state index contributed by atoms with van der Waals surface area (Å²) in [5.41, 5.74) is 1.86. The zero-order chi connectivity index (χ0) is 15.8. The number of nitrogens with one attached hydrogen (secondary N) is 2. The van der Waals surface area contributed by atoms with Crippen molar-refractivity contribution in [2.24, 2.45) is 0 Å². The first-order chi connectivity index (χ1) is 10.6. The summed E-state index contributed by atoms with van der Waals surface area (Å²) in [6, 6.07) is 17.0. The minimum Gasteiger partial charge on any atom is -0.375 e. The number of urea groups is 1. The molecule has 22 heavy (non-hydrogen) atoms. The average Bonchev–Trinajstić information content (AvgIpc) is 2.52. The zero-order valence-electron chi connectivity index (χ0n) is 12.6. The predicted octanol–water partition coefficient (Wildman–Crippen LogP) is 3.99. The number of nitrogens with zero attached hydrogens (tertiary/aromatic N) is 1. The first kappa shape index (κ1) is 16.2. The van der Waals surface area contributed by atoms with Crippen LogP contribution in [0.5, 0.6) is 0 Å². The van der Waals surface area contributed by atoms with E-state index in [-0.39, 0.29) is 6.03 Å². The van der Waals surface area contributed by atoms with Crippen molar-refractivity contribution in [2.75, 3.05) is 30.4 Å². The maximum atomic E-state index is 11.8. The molecule has 2 aromatic carbocycles. The van der Waals surface area contributed by atoms with Crippen LogP contribution in [0.1, 0.15) is 6.42 Å². The highest BCUT2D eigenvalue weighted by atomic mass is 35.5. The Kier molecular flexibility index (Phi) is 6.10. The van der Waals surface area contributed by atoms with Gasteiger partial charge in [0.15, 0.2) is 0 Å². The van der Waals surface area contributed by atoms with Gasteiger partial charge in [0.25, 0.3) is 0 Å². The topological polar surface area (TPSA) is 44.4 Å². The molecule has 0 aromatic heterocycles. The smallest absolute Gasteiger partial charge is 0.319 e. The third-order valence-corrected chi connectivity index (χ3v) is 3.47. The predicted molar refractivity (Wildman–Crippen MR) is 92.8 cm³/mol. The molecule has 0 fully saturated rings. The number of halogens is 1. The highest BCUT2D eigenvalue weighted by Gasteiger charge is 2.03. The number of carbonyl (C=O) groups excluding carboxylic acids is 1. The number of hydrogen-bond acceptors (Lipinski definition) is 2. The van der Waals surface area contributed by atoms with Crippen molar-refractivity contribution >= 4 is 29.0 Å². The second-order valence-electron chi connectivity index (χ2n) is 5.00. The molecule has 0 aliphatic carbocycles. The molecule has 0 unspecified atom stereocenters. The molecule has 0 spiro atoms. The average molecular weight is 318 g/mol. The van der Waals surface area contributed by atoms with Gasteiger partial charge in [-0.3, -0.25) is 0 Å². The lowest BCUT2D eigenvalue weighted by molar-refractivity contribution is 0.252. The molecule has 0 radical (unpaired) electrons. The number of para-hydroxylation sites is 1. The van der Waals surface area contributed by atoms with Crippen LogP contribution < -0.4 is 15.5 Å². The van der Waals surface area contributed by atoms with Gasteiger partial charge >= 0.3 is 6.03 Å². The van der Waals surface area contributed by atoms with Gasteiger partial charge in [-0.2, -0.15) is 0 Å². The van der Waals surface area contributed by atoms with Gasteiger partial charge in [0.05, 0.1) is 0 Å². The lowest BCUT2D eigenvalue weighted by Gasteiger charge is -2.19. The van der Waals surface area contributed by atoms with Crippen LogP contribution in [0.15, 0.2) is 54.6 Å². The monoisotopic (exact) mass is 317 g/mol. The molecule has 0 aliphatic rings. The summed E-state index contributed by atoms with van der Waals surface area (Å²) >= 11 is 5.87. The summed E-state index contributed by atoms with van der Waals surface area (Å²) in [5, 5.41) is 6.19. The van der Waals surface area contributed by atoms with Gasteiger partial charge in [-0.25, -0.2) is 4.79 Å². The Bertz CT molecular complexity index is 604. The van der Waals surface area contributed by atoms with E-state index < -0.39 is 0 Å². The van der Waals surface area contributed by atoms with Crippen LogP contribution >= 0.6 is 11.6 Å². The van der Waals surface area contributed by atoms with Crippen molar-refractivity contribution in [2.45, 2.75) is 6.42 Å². The summed E-state index contributed by atoms with van der Waals surface area (Å²) in [6.07, 6.45) is 0.869. The summed E-state index contributed by atoms with van der Waals surface area (Å²) in [5.74, 6) is 0. The molecule has 0 saturated carbocycles. The van der Waals surface area contributed by atoms with Crippen molar-refractivity contribution in [1.82, 2.24) is 5.32 Å². The van der Waals surface area contributed by atoms with Gasteiger partial charge < -0.3 is 15.5 Å². The molecule has 116 valence electrons. The fourth-order valence-electron chi connectivity index (χ4n) is 2.07. The Labute approximate surface area is 136 Å². The fourth-order valence-corrected chi connectivity index (χ4v) is 2.26. The third kappa shape index (κ3) is 5.30. The van der Waals surface area contributed by atoms with Crippen LogP contribution in [-0.2, 0) is 0 Å². The molecule has 2 N–H and O–H groups in total. The molecule has 0 bridgehead atoms. The SMILES string of the molecule is CN(CCCNC(=O)Nc1cccc(Cl)c1)c1ccccc1. The molecule has 5 heteroatoms. The third-order valence-electron chi connectivity index (χ3n) is 3.24. The van der Waals surface area contributed by atoms with Crippen molar-refractivity contribution in [3.8, 4) is 0 Å². The normalized spacial score (nSPS) is 10.1. The first-order valence-corrected chi connectivity index (χ1v) is 7.59. The standard InChI is InChI=1S/C17H20ClN3O/c1-21(16-9-3-2-4-10-16)12-6-11-19-17(22)20-15-8-5-7-14(18)13-15/h2-5,7-10,13H,6,11-12H2,1H3,(H2,19,20,22). The molecule has 0 aliphatic heterocycles. The van der Waals surface area contributed by atoms with E-state index >= 15 is 0 Å². The van der Waals surface area contributed by atoms with E-state index in [9.17, 15) is 4.79 Å². The maximum Gasteiger partial charge on any atom is 0.319 e. The van der Waals surface area contributed by atoms with Gasteiger partial charge in [-0.1, -0.05) is 35.9 Å². The summed E-state index contributed by atoms with van der Waals surface area (Å²) in [4.78, 5) is 13.9. The van der Waals surface area contributed by atoms with Crippen LogP contribution in [0.25, 0.3) is 0 Å². The molecule has 2 amide bonds. The van der Waals surface area contributed by atoms with Crippen LogP contribution in [0.3, 0.4) is 0 Å². The van der Waals surface area contributed by atoms with Gasteiger partial charge in [0, 0.05) is 36.5 Å². The van der Waals surface area contributed by atoms with Crippen molar-refractivity contribution < 1.29 is 4.79 Å². The van der Waals surface area contributed by atoms with E-state index in [1.165, 1.54) is 5.69 Å². The van der Waals surface area contributed by atoms with Gasteiger partial charge in [-0.15, -0.1) is 0 Å². The number of amides is 2. The summed E-state index contributed by atoms with van der Waals surface area (Å²) in [6.45, 7) is 1.49. The fraction of sp³-hybridized carbons (Fsp3) is 0.235. The van der Waals surface area contributed by atoms with E-state index in [0.717, 1.165) is 13.0 Å². The van der Waals surface area contributed by atoms with E-state index in [2.05, 4.69) is 27.7 Å². The summed E-state index contributed by atoms with van der Waals surface area (Å²) in [7, 11) is 2.04. The molecular formula is C17H20ClN3O. The van der Waals surface area contributed by atoms with Gasteiger partial charge in [0.2, 0.25) is 0 Å². The number of benzene rings is 2. The Balaban J connectivity index is 1.67. The highest BCUT2D eigenvalue weighted by Crippen LogP contribution is 2.14. The van der Waals surface area contributed by atoms with E-state index in [1.807, 2.05) is 25.2 Å². The molecule has 0 atom stereocenters. The minimum absolute atomic E-state index is 0.218. The van der Waals surface area contributed by atoms with E-state index in [0.29, 0.717) is 17.3 Å². The number of rotatable bonds is 6. The number of anilines is 2. The molecule has 2 rings (SSSR count). The first-order valence-electron chi connectivity index (χ1n) is 7.22. The Morgan fingerprint density at radius 3 is 2.64 bits per heavy atom. The van der Waals surface area contributed by atoms with E-state index in [1.54, 1.807) is 24.3 Å². The van der Waals surface area contributed by atoms with Gasteiger partial charge in [-0.05, 0) is 36.8 Å². The van der Waals surface area contributed by atoms with Crippen LogP contribution in [-0.4, -0.2) is 26.2 Å². The second kappa shape index (κ2) is 8.29. The molecule has 0 saturated heterocycles. The van der Waals surface area contributed by atoms with Gasteiger partial charge in [0.1, 0.15) is 0 Å². The van der Waals surface area contributed by atoms with E-state index in [4.69, 9.17) is 11.6 Å².